The zero-order valence-corrected chi connectivity index (χ0v) is 68.9. The van der Waals surface area contributed by atoms with Crippen LogP contribution in [0.25, 0.3) is 11.1 Å². The summed E-state index contributed by atoms with van der Waals surface area (Å²) in [7, 11) is 2.67. The van der Waals surface area contributed by atoms with E-state index in [0.29, 0.717) is 0 Å². The molecule has 0 radical (unpaired) electrons. The van der Waals surface area contributed by atoms with Crippen molar-refractivity contribution < 1.29 is 142 Å². The Bertz CT molecular complexity index is 5030. The van der Waals surface area contributed by atoms with Crippen LogP contribution in [0, 0.1) is 5.92 Å². The van der Waals surface area contributed by atoms with Gasteiger partial charge in [-0.1, -0.05) is 55.2 Å². The quantitative estimate of drug-likeness (QED) is 0.0351. The Morgan fingerprint density at radius 2 is 1.36 bits per heavy atom. The number of nitrogens with two attached hydrogens (primary N) is 4. The number of hydrogen-bond donors (Lipinski definition) is 24. The van der Waals surface area contributed by atoms with Gasteiger partial charge in [0.1, 0.15) is 94.7 Å². The van der Waals surface area contributed by atoms with E-state index in [4.69, 9.17) is 79.3 Å². The van der Waals surface area contributed by atoms with E-state index >= 15 is 9.59 Å². The number of halogens is 2. The Morgan fingerprint density at radius 3 is 1.97 bits per heavy atom. The van der Waals surface area contributed by atoms with Crippen LogP contribution < -0.4 is 84.4 Å². The van der Waals surface area contributed by atoms with Gasteiger partial charge in [-0.3, -0.25) is 47.9 Å². The molecule has 0 spiro atoms. The van der Waals surface area contributed by atoms with Gasteiger partial charge in [-0.25, -0.2) is 0 Å². The van der Waals surface area contributed by atoms with Crippen molar-refractivity contribution in [2.24, 2.45) is 28.9 Å². The minimum atomic E-state index is -2.39. The molecule has 12 rings (SSSR count). The number of carbonyl (C=O) groups is 10. The van der Waals surface area contributed by atoms with Crippen LogP contribution in [0.5, 0.6) is 57.5 Å². The number of fused-ring (bicyclic) bond motifs is 16. The highest BCUT2D eigenvalue weighted by molar-refractivity contribution is 6.32. The first-order valence-corrected chi connectivity index (χ1v) is 39.6. The lowest BCUT2D eigenvalue weighted by Gasteiger charge is -2.47. The summed E-state index contributed by atoms with van der Waals surface area (Å²) in [4.78, 5) is 143. The second-order valence-corrected chi connectivity index (χ2v) is 31.6. The Labute approximate surface area is 716 Å². The largest absolute Gasteiger partial charge is 0.508 e. The molecule has 0 aromatic heterocycles. The van der Waals surface area contributed by atoms with Crippen molar-refractivity contribution in [2.75, 3.05) is 32.6 Å². The fraction of sp³-hybridized carbons (Fsp3) is 0.432. The first-order valence-electron chi connectivity index (χ1n) is 38.9. The number of carbonyl (C=O) groups excluding carboxylic acids is 10. The molecule has 2 saturated heterocycles. The number of methoxy groups -OCH3 is 1. The number of aromatic hydroxyl groups is 4. The minimum Gasteiger partial charge on any atom is -0.508 e. The lowest BCUT2D eigenvalue weighted by molar-refractivity contribution is -0.333. The Hall–Kier alpha value is -11.5. The smallest absolute Gasteiger partial charge is 0.256 e. The third-order valence-electron chi connectivity index (χ3n) is 21.1. The molecule has 4 unspecified atom stereocenters. The fourth-order valence-electron chi connectivity index (χ4n) is 14.5. The second kappa shape index (κ2) is 40.4. The van der Waals surface area contributed by atoms with Gasteiger partial charge >= 0.3 is 0 Å². The molecule has 28 N–H and O–H groups in total. The van der Waals surface area contributed by atoms with Crippen LogP contribution in [0.3, 0.4) is 0 Å². The van der Waals surface area contributed by atoms with Crippen LogP contribution >= 0.6 is 23.2 Å². The predicted octanol–water partition coefficient (Wildman–Crippen LogP) is -0.141. The number of anilines is 1. The average Bonchev–Trinajstić information content (AvgIpc) is 0.769. The van der Waals surface area contributed by atoms with E-state index in [1.165, 1.54) is 52.3 Å². The molecule has 6 aliphatic rings. The molecule has 19 atom stereocenters. The van der Waals surface area contributed by atoms with Gasteiger partial charge in [-0.05, 0) is 141 Å². The molecule has 0 aliphatic carbocycles. The van der Waals surface area contributed by atoms with E-state index in [2.05, 4.69) is 42.5 Å². The standard InChI is InChI=1S/C81H98Cl2N12O29/c1-31(2)19-43(88-5)75(113)95-65-66(106)35-9-14-51(41(83)22-35)121-54-24-36-23-53(70(54)124-80-71(69(109)68(108)55(30-96)122-80)123-59-29-81(4,87)72(110)32(3)119-59)120-50-13-8-33(21-40(50)82)48(101)28-58(105)92-64(77(115)89-18-17-47(100)46(99)12-16-57(104)90-42-10-15-52(118-6)61(67(42)107)73(85)111)39-25-37(97)26-49(102)60(39)38-20-34(7-11-45(38)98)62(74(86)112)93-78(116)63(36)94-76(114)44(27-56(84)103)91-79(65)117/h7-11,13-15,20-26,31-32,43-44,46-48,55,59,62-66,68-69,71-72,80,88,96-102,106-110H,12,16-19,27-30,87H2,1-6H3,(H2,84,103)(H2,85,111)(H2,86,112)(H,89,115)(H,90,104)(H,91,117)(H,92,105)(H,93,116)(H,94,114)(H,95,113)/t32-,43-,44+,46?,47?,48+,55+,59-,62-,63-,64?,65-,66-,68-,69+,71+,72-,80?,81+/m1/s1. The molecule has 2 fully saturated rings. The number of primary amides is 3. The van der Waals surface area contributed by atoms with Gasteiger partial charge in [0.15, 0.2) is 29.6 Å². The van der Waals surface area contributed by atoms with Crippen molar-refractivity contribution in [3.63, 3.8) is 0 Å². The first-order chi connectivity index (χ1) is 58.5. The summed E-state index contributed by atoms with van der Waals surface area (Å²) < 4.78 is 43.6. The number of aliphatic hydroxyl groups is 8. The number of aliphatic hydroxyl groups excluding tert-OH is 8. The summed E-state index contributed by atoms with van der Waals surface area (Å²) in [6, 6.07) is 3.80. The summed E-state index contributed by atoms with van der Waals surface area (Å²) in [6.07, 6.45) is -24.5. The summed E-state index contributed by atoms with van der Waals surface area (Å²) in [5.74, 6) is -18.5. The normalized spacial score (nSPS) is 25.6. The van der Waals surface area contributed by atoms with Crippen LogP contribution in [-0.2, 0) is 57.4 Å². The number of phenolic OH excluding ortho intramolecular Hbond substituents is 3. The fourth-order valence-corrected chi connectivity index (χ4v) is 15.0. The molecule has 6 heterocycles. The molecule has 43 heteroatoms. The van der Waals surface area contributed by atoms with Crippen molar-refractivity contribution in [1.82, 2.24) is 37.2 Å². The molecule has 670 valence electrons. The number of rotatable bonds is 24. The Morgan fingerprint density at radius 1 is 0.718 bits per heavy atom. The van der Waals surface area contributed by atoms with Crippen molar-refractivity contribution in [1.29, 1.82) is 0 Å². The Kier molecular flexibility index (Phi) is 30.9. The minimum absolute atomic E-state index is 0.0988. The molecule has 41 nitrogen and oxygen atoms in total. The maximum Gasteiger partial charge on any atom is 0.256 e. The van der Waals surface area contributed by atoms with E-state index in [-0.39, 0.29) is 41.3 Å². The van der Waals surface area contributed by atoms with E-state index < -0.39 is 315 Å². The Balaban J connectivity index is 1.12. The average molecular weight is 1770 g/mol. The van der Waals surface area contributed by atoms with E-state index in [1.54, 1.807) is 13.8 Å². The predicted molar refractivity (Wildman–Crippen MR) is 434 cm³/mol. The summed E-state index contributed by atoms with van der Waals surface area (Å²) in [6.45, 7) is 4.99. The van der Waals surface area contributed by atoms with Gasteiger partial charge in [0, 0.05) is 42.1 Å². The third kappa shape index (κ3) is 22.2. The van der Waals surface area contributed by atoms with Gasteiger partial charge in [0.05, 0.1) is 78.9 Å². The maximum atomic E-state index is 16.0. The number of hydrogen-bond acceptors (Lipinski definition) is 31. The van der Waals surface area contributed by atoms with Crippen LogP contribution in [-0.4, -0.2) is 233 Å². The number of nitrogens with one attached hydrogen (secondary N) is 8. The van der Waals surface area contributed by atoms with Crippen molar-refractivity contribution in [3.8, 4) is 68.6 Å². The van der Waals surface area contributed by atoms with E-state index in [9.17, 15) is 99.6 Å². The number of benzene rings is 6. The highest BCUT2D eigenvalue weighted by Gasteiger charge is 2.51. The highest BCUT2D eigenvalue weighted by atomic mass is 35.5. The lowest BCUT2D eigenvalue weighted by Crippen LogP contribution is -2.64. The number of likely N-dealkylation sites (N-methyl/N-ethyl adjacent to an activating group) is 1. The summed E-state index contributed by atoms with van der Waals surface area (Å²) in [5.41, 5.74) is 18.8. The van der Waals surface area contributed by atoms with Gasteiger partial charge in [0.2, 0.25) is 65.2 Å². The number of phenols is 4. The first kappa shape index (κ1) is 94.7. The monoisotopic (exact) mass is 1770 g/mol. The van der Waals surface area contributed by atoms with Gasteiger partial charge in [-0.2, -0.15) is 0 Å². The molecule has 6 aliphatic heterocycles. The zero-order chi connectivity index (χ0) is 90.9. The van der Waals surface area contributed by atoms with Crippen LogP contribution in [0.4, 0.5) is 5.69 Å². The van der Waals surface area contributed by atoms with Gasteiger partial charge in [-0.15, -0.1) is 0 Å². The molecule has 9 bridgehead atoms. The van der Waals surface area contributed by atoms with E-state index in [0.717, 1.165) is 66.7 Å². The molecule has 6 aromatic rings. The summed E-state index contributed by atoms with van der Waals surface area (Å²) in [5, 5.41) is 157. The summed E-state index contributed by atoms with van der Waals surface area (Å²) >= 11 is 14.2. The third-order valence-corrected chi connectivity index (χ3v) is 21.7. The van der Waals surface area contributed by atoms with Crippen LogP contribution in [0.1, 0.15) is 141 Å². The maximum absolute atomic E-state index is 16.0. The zero-order valence-electron chi connectivity index (χ0n) is 67.4. The molecular formula is C81H98Cl2N12O29. The second-order valence-electron chi connectivity index (χ2n) is 30.8. The van der Waals surface area contributed by atoms with E-state index in [1.807, 2.05) is 0 Å². The topological polar surface area (TPSA) is 678 Å². The highest BCUT2D eigenvalue weighted by Crippen LogP contribution is 2.50. The van der Waals surface area contributed by atoms with Crippen molar-refractivity contribution >= 4 is 88.0 Å². The number of amides is 10. The van der Waals surface area contributed by atoms with Gasteiger partial charge in [0.25, 0.3) is 5.91 Å². The molecule has 10 amide bonds. The van der Waals surface area contributed by atoms with Crippen LogP contribution in [0.2, 0.25) is 10.0 Å². The lowest BCUT2D eigenvalue weighted by atomic mass is 9.86. The van der Waals surface area contributed by atoms with Gasteiger partial charge < -0.3 is 160 Å². The van der Waals surface area contributed by atoms with Crippen molar-refractivity contribution in [2.45, 2.75) is 188 Å². The van der Waals surface area contributed by atoms with Crippen LogP contribution in [0.15, 0.2) is 91.0 Å². The molecular weight excluding hydrogens is 1680 g/mol. The molecule has 0 saturated carbocycles. The molecule has 6 aromatic carbocycles. The number of ether oxygens (including phenoxy) is 7. The SMILES string of the molecule is CN[C@H](CC(C)C)C(=O)N[C@H]1C(=O)N[C@@H](CC(N)=O)C(=O)N[C@H]2C(=O)N[C@@H](C(N)=O)c3ccc(O)c(c3)-c3c(O)cc(O)cc3C(C(=O)NCCC(O)C(O)CCC(=O)Nc3ccc(OC)c(C(N)=O)c3O)NC(=O)C[C@H](O)c3ccc(c(Cl)c3)Oc3cc2cc(c3OC2O[C@@H](CO)[C@@H](O)[C@H](O)[C@@H]2O[C@@H]2C[C@](C)(N)[C@H](O)[C@@H](C)O2)Oc2ccc(cc2Cl)[C@H]1O. The molecule has 124 heavy (non-hydrogen) atoms. The van der Waals surface area contributed by atoms with Crippen molar-refractivity contribution in [3.05, 3.63) is 134 Å².